The van der Waals surface area contributed by atoms with Crippen molar-refractivity contribution in [3.05, 3.63) is 54.7 Å². The summed E-state index contributed by atoms with van der Waals surface area (Å²) in [5.74, 6) is 1.22. The number of nitriles is 1. The fraction of sp³-hybridized carbons (Fsp3) is 0.346. The first-order valence-electron chi connectivity index (χ1n) is 12.0. The van der Waals surface area contributed by atoms with E-state index < -0.39 is 0 Å². The first-order valence-corrected chi connectivity index (χ1v) is 12.0. The van der Waals surface area contributed by atoms with Gasteiger partial charge in [0.2, 0.25) is 5.91 Å². The van der Waals surface area contributed by atoms with Crippen LogP contribution in [0.25, 0.3) is 27.8 Å². The van der Waals surface area contributed by atoms with Crippen LogP contribution in [0.3, 0.4) is 0 Å². The van der Waals surface area contributed by atoms with Gasteiger partial charge in [-0.05, 0) is 37.5 Å². The predicted molar refractivity (Wildman–Crippen MR) is 131 cm³/mol. The van der Waals surface area contributed by atoms with E-state index >= 15 is 0 Å². The number of pyridine rings is 2. The van der Waals surface area contributed by atoms with Crippen LogP contribution in [-0.2, 0) is 11.8 Å². The van der Waals surface area contributed by atoms with Crippen LogP contribution >= 0.6 is 0 Å². The summed E-state index contributed by atoms with van der Waals surface area (Å²) in [5, 5.41) is 18.3. The van der Waals surface area contributed by atoms with Crippen molar-refractivity contribution in [1.82, 2.24) is 29.3 Å². The first kappa shape index (κ1) is 21.4. The standard InChI is InChI=1S/C26H26N8O/c1-31-15-22(14-29-31)20-10-23(25-21(11-27)13-30-34(25)17-20)18-4-5-24(28-12-18)33-9-6-19(16-33)26(35)32-7-2-3-8-32/h4-5,10,12-15,17,19H,2-3,6-9,16H2,1H3. The third kappa shape index (κ3) is 3.81. The molecule has 176 valence electrons. The van der Waals surface area contributed by atoms with Crippen molar-refractivity contribution in [3.63, 3.8) is 0 Å². The number of likely N-dealkylation sites (tertiary alicyclic amines) is 1. The summed E-state index contributed by atoms with van der Waals surface area (Å²) < 4.78 is 3.51. The van der Waals surface area contributed by atoms with Crippen LogP contribution in [0.5, 0.6) is 0 Å². The van der Waals surface area contributed by atoms with Gasteiger partial charge in [-0.2, -0.15) is 15.5 Å². The van der Waals surface area contributed by atoms with E-state index in [1.165, 1.54) is 0 Å². The number of rotatable bonds is 4. The Kier molecular flexibility index (Phi) is 5.21. The van der Waals surface area contributed by atoms with Gasteiger partial charge in [-0.3, -0.25) is 9.48 Å². The van der Waals surface area contributed by atoms with Crippen LogP contribution in [0.4, 0.5) is 5.82 Å². The fourth-order valence-corrected chi connectivity index (χ4v) is 5.25. The summed E-state index contributed by atoms with van der Waals surface area (Å²) in [7, 11) is 1.88. The zero-order valence-electron chi connectivity index (χ0n) is 19.6. The van der Waals surface area contributed by atoms with Crippen molar-refractivity contribution in [3.8, 4) is 28.3 Å². The highest BCUT2D eigenvalue weighted by Gasteiger charge is 2.33. The highest BCUT2D eigenvalue weighted by atomic mass is 16.2. The fourth-order valence-electron chi connectivity index (χ4n) is 5.25. The second kappa shape index (κ2) is 8.55. The SMILES string of the molecule is Cn1cc(-c2cc(-c3ccc(N4CCC(C(=O)N5CCCC5)C4)nc3)c3c(C#N)cnn3c2)cn1. The van der Waals surface area contributed by atoms with Crippen LogP contribution in [0.15, 0.2) is 49.2 Å². The van der Waals surface area contributed by atoms with Gasteiger partial charge < -0.3 is 9.80 Å². The number of anilines is 1. The number of nitrogens with zero attached hydrogens (tertiary/aromatic N) is 8. The highest BCUT2D eigenvalue weighted by Crippen LogP contribution is 2.33. The summed E-state index contributed by atoms with van der Waals surface area (Å²) >= 11 is 0. The Morgan fingerprint density at radius 2 is 1.89 bits per heavy atom. The summed E-state index contributed by atoms with van der Waals surface area (Å²) in [4.78, 5) is 21.8. The van der Waals surface area contributed by atoms with Crippen molar-refractivity contribution < 1.29 is 4.79 Å². The minimum atomic E-state index is 0.0512. The number of fused-ring (bicyclic) bond motifs is 1. The lowest BCUT2D eigenvalue weighted by Gasteiger charge is -2.21. The van der Waals surface area contributed by atoms with Crippen molar-refractivity contribution in [1.29, 1.82) is 5.26 Å². The third-order valence-corrected chi connectivity index (χ3v) is 7.11. The molecule has 1 atom stereocenters. The van der Waals surface area contributed by atoms with Crippen molar-refractivity contribution >= 4 is 17.2 Å². The first-order chi connectivity index (χ1) is 17.1. The van der Waals surface area contributed by atoms with Crippen LogP contribution in [-0.4, -0.2) is 61.4 Å². The lowest BCUT2D eigenvalue weighted by atomic mass is 10.0. The maximum Gasteiger partial charge on any atom is 0.227 e. The average Bonchev–Trinajstić information content (AvgIpc) is 3.69. The Bertz CT molecular complexity index is 1440. The molecule has 4 aromatic heterocycles. The lowest BCUT2D eigenvalue weighted by Crippen LogP contribution is -2.35. The molecule has 2 aliphatic rings. The molecule has 0 spiro atoms. The summed E-state index contributed by atoms with van der Waals surface area (Å²) in [6.07, 6.45) is 12.2. The quantitative estimate of drug-likeness (QED) is 0.459. The number of amides is 1. The Hall–Kier alpha value is -4.19. The van der Waals surface area contributed by atoms with Crippen LogP contribution < -0.4 is 4.90 Å². The molecule has 0 N–H and O–H groups in total. The molecule has 9 heteroatoms. The Labute approximate surface area is 203 Å². The molecule has 6 heterocycles. The molecular formula is C26H26N8O. The molecule has 35 heavy (non-hydrogen) atoms. The molecule has 4 aromatic rings. The Balaban J connectivity index is 1.30. The Morgan fingerprint density at radius 1 is 1.03 bits per heavy atom. The monoisotopic (exact) mass is 466 g/mol. The van der Waals surface area contributed by atoms with Gasteiger partial charge in [0.05, 0.1) is 29.4 Å². The van der Waals surface area contributed by atoms with Gasteiger partial charge in [0, 0.05) is 74.1 Å². The summed E-state index contributed by atoms with van der Waals surface area (Å²) in [6.45, 7) is 3.34. The number of carbonyl (C=O) groups is 1. The van der Waals surface area contributed by atoms with E-state index in [0.29, 0.717) is 18.0 Å². The normalized spacial score (nSPS) is 17.9. The molecule has 0 saturated carbocycles. The van der Waals surface area contributed by atoms with Crippen LogP contribution in [0.2, 0.25) is 0 Å². The zero-order chi connectivity index (χ0) is 23.9. The molecule has 2 fully saturated rings. The van der Waals surface area contributed by atoms with Gasteiger partial charge in [0.15, 0.2) is 0 Å². The Morgan fingerprint density at radius 3 is 2.60 bits per heavy atom. The molecule has 9 nitrogen and oxygen atoms in total. The van der Waals surface area contributed by atoms with Crippen molar-refractivity contribution in [2.45, 2.75) is 19.3 Å². The second-order valence-corrected chi connectivity index (χ2v) is 9.38. The van der Waals surface area contributed by atoms with Gasteiger partial charge in [-0.1, -0.05) is 0 Å². The molecule has 0 aromatic carbocycles. The van der Waals surface area contributed by atoms with Gasteiger partial charge in [0.25, 0.3) is 0 Å². The molecule has 1 amide bonds. The van der Waals surface area contributed by atoms with Crippen molar-refractivity contribution in [2.24, 2.45) is 13.0 Å². The predicted octanol–water partition coefficient (Wildman–Crippen LogP) is 3.12. The van der Waals surface area contributed by atoms with E-state index in [2.05, 4.69) is 27.2 Å². The molecule has 6 rings (SSSR count). The van der Waals surface area contributed by atoms with E-state index in [-0.39, 0.29) is 5.92 Å². The van der Waals surface area contributed by atoms with Gasteiger partial charge in [0.1, 0.15) is 11.9 Å². The number of hydrogen-bond acceptors (Lipinski definition) is 6. The van der Waals surface area contributed by atoms with Gasteiger partial charge >= 0.3 is 0 Å². The topological polar surface area (TPSA) is 95.3 Å². The molecule has 2 aliphatic heterocycles. The van der Waals surface area contributed by atoms with E-state index in [9.17, 15) is 10.1 Å². The molecule has 1 unspecified atom stereocenters. The molecule has 0 bridgehead atoms. The zero-order valence-corrected chi connectivity index (χ0v) is 19.6. The maximum atomic E-state index is 12.8. The van der Waals surface area contributed by atoms with Crippen LogP contribution in [0, 0.1) is 17.2 Å². The molecular weight excluding hydrogens is 440 g/mol. The maximum absolute atomic E-state index is 12.8. The molecule has 0 radical (unpaired) electrons. The lowest BCUT2D eigenvalue weighted by molar-refractivity contribution is -0.133. The minimum absolute atomic E-state index is 0.0512. The van der Waals surface area contributed by atoms with Gasteiger partial charge in [-0.15, -0.1) is 0 Å². The molecule has 2 saturated heterocycles. The number of carbonyl (C=O) groups excluding carboxylic acids is 1. The van der Waals surface area contributed by atoms with E-state index in [4.69, 9.17) is 4.98 Å². The van der Waals surface area contributed by atoms with Gasteiger partial charge in [-0.25, -0.2) is 9.50 Å². The number of aromatic nitrogens is 5. The van der Waals surface area contributed by atoms with E-state index in [1.54, 1.807) is 15.4 Å². The van der Waals surface area contributed by atoms with E-state index in [0.717, 1.165) is 72.5 Å². The second-order valence-electron chi connectivity index (χ2n) is 9.38. The minimum Gasteiger partial charge on any atom is -0.356 e. The summed E-state index contributed by atoms with van der Waals surface area (Å²) in [6, 6.07) is 8.36. The average molecular weight is 467 g/mol. The number of hydrogen-bond donors (Lipinski definition) is 0. The highest BCUT2D eigenvalue weighted by molar-refractivity contribution is 5.87. The molecule has 0 aliphatic carbocycles. The smallest absolute Gasteiger partial charge is 0.227 e. The van der Waals surface area contributed by atoms with E-state index in [1.807, 2.05) is 48.9 Å². The summed E-state index contributed by atoms with van der Waals surface area (Å²) in [5.41, 5.74) is 5.00. The largest absolute Gasteiger partial charge is 0.356 e. The third-order valence-electron chi connectivity index (χ3n) is 7.11. The van der Waals surface area contributed by atoms with Crippen LogP contribution in [0.1, 0.15) is 24.8 Å². The van der Waals surface area contributed by atoms with Crippen molar-refractivity contribution in [2.75, 3.05) is 31.1 Å². The number of aryl methyl sites for hydroxylation is 1.